The van der Waals surface area contributed by atoms with E-state index in [4.69, 9.17) is 4.74 Å². The molecule has 1 aliphatic rings. The lowest BCUT2D eigenvalue weighted by Gasteiger charge is -2.28. The fourth-order valence-corrected chi connectivity index (χ4v) is 4.32. The van der Waals surface area contributed by atoms with Crippen LogP contribution in [0.25, 0.3) is 5.76 Å². The normalized spacial score (nSPS) is 17.8. The van der Waals surface area contributed by atoms with Crippen molar-refractivity contribution in [1.29, 1.82) is 0 Å². The molecule has 6 nitrogen and oxygen atoms in total. The van der Waals surface area contributed by atoms with Crippen molar-refractivity contribution >= 4 is 33.4 Å². The molecule has 0 bridgehead atoms. The van der Waals surface area contributed by atoms with Crippen LogP contribution in [0.5, 0.6) is 5.75 Å². The molecule has 1 amide bonds. The van der Waals surface area contributed by atoms with E-state index in [-0.39, 0.29) is 5.57 Å². The highest BCUT2D eigenvalue weighted by Crippen LogP contribution is 2.39. The van der Waals surface area contributed by atoms with E-state index in [1.165, 1.54) is 4.90 Å². The van der Waals surface area contributed by atoms with Crippen LogP contribution in [0, 0.1) is 6.92 Å². The van der Waals surface area contributed by atoms with Gasteiger partial charge in [-0.05, 0) is 54.3 Å². The molecule has 2 aromatic carbocycles. The minimum absolute atomic E-state index is 0.00547. The Bertz CT molecular complexity index is 1060. The van der Waals surface area contributed by atoms with E-state index in [1.54, 1.807) is 18.2 Å². The second kappa shape index (κ2) is 11.0. The van der Waals surface area contributed by atoms with Gasteiger partial charge in [0.2, 0.25) is 5.78 Å². The number of carbonyl (C=O) groups excluding carboxylic acids is 2. The van der Waals surface area contributed by atoms with Crippen molar-refractivity contribution in [3.63, 3.8) is 0 Å². The van der Waals surface area contributed by atoms with Crippen molar-refractivity contribution in [2.24, 2.45) is 0 Å². The first-order chi connectivity index (χ1) is 15.7. The maximum atomic E-state index is 13.6. The van der Waals surface area contributed by atoms with Crippen LogP contribution >= 0.6 is 15.9 Å². The van der Waals surface area contributed by atoms with Crippen molar-refractivity contribution in [3.8, 4) is 5.75 Å². The molecule has 0 aromatic heterocycles. The van der Waals surface area contributed by atoms with Gasteiger partial charge in [0.1, 0.15) is 5.75 Å². The SMILES string of the molecule is CCCCOc1ccc(C([O-])=C2C(=O)C(=O)N(CC[NH+](C)C)C2c2cccc(Br)c2)cc1C. The van der Waals surface area contributed by atoms with Crippen molar-refractivity contribution in [3.05, 3.63) is 69.2 Å². The summed E-state index contributed by atoms with van der Waals surface area (Å²) < 4.78 is 6.62. The standard InChI is InChI=1S/C26H31BrN2O4/c1-5-6-14-33-21-11-10-19(15-17(21)2)24(30)22-23(18-8-7-9-20(27)16-18)29(13-12-28(3)4)26(32)25(22)31/h7-11,15-16,23,30H,5-6,12-14H2,1-4H3. The van der Waals surface area contributed by atoms with E-state index in [1.807, 2.05) is 45.3 Å². The number of ether oxygens (including phenoxy) is 1. The van der Waals surface area contributed by atoms with E-state index < -0.39 is 23.5 Å². The van der Waals surface area contributed by atoms with Crippen LogP contribution in [-0.4, -0.2) is 50.4 Å². The molecular formula is C26H31BrN2O4. The second-order valence-electron chi connectivity index (χ2n) is 8.67. The van der Waals surface area contributed by atoms with E-state index in [9.17, 15) is 14.7 Å². The topological polar surface area (TPSA) is 74.1 Å². The zero-order valence-corrected chi connectivity index (χ0v) is 21.2. The molecule has 1 saturated heterocycles. The van der Waals surface area contributed by atoms with E-state index in [0.29, 0.717) is 25.3 Å². The van der Waals surface area contributed by atoms with Crippen LogP contribution in [0.4, 0.5) is 0 Å². The maximum absolute atomic E-state index is 13.6. The molecule has 1 unspecified atom stereocenters. The molecule has 1 fully saturated rings. The Morgan fingerprint density at radius 1 is 1.18 bits per heavy atom. The number of nitrogens with zero attached hydrogens (tertiary/aromatic N) is 1. The Kier molecular flexibility index (Phi) is 8.32. The van der Waals surface area contributed by atoms with Gasteiger partial charge in [-0.3, -0.25) is 9.59 Å². The molecule has 1 atom stereocenters. The number of halogens is 1. The van der Waals surface area contributed by atoms with Gasteiger partial charge in [-0.2, -0.15) is 0 Å². The molecule has 176 valence electrons. The molecular weight excluding hydrogens is 484 g/mol. The highest BCUT2D eigenvalue weighted by atomic mass is 79.9. The Hall–Kier alpha value is -2.64. The number of likely N-dealkylation sites (tertiary alicyclic amines) is 1. The number of ketones is 1. The number of amides is 1. The van der Waals surface area contributed by atoms with E-state index >= 15 is 0 Å². The number of likely N-dealkylation sites (N-methyl/N-ethyl adjacent to an activating group) is 1. The number of quaternary nitrogens is 1. The largest absolute Gasteiger partial charge is 0.872 e. The van der Waals surface area contributed by atoms with Crippen molar-refractivity contribution in [1.82, 2.24) is 4.90 Å². The van der Waals surface area contributed by atoms with Gasteiger partial charge in [-0.15, -0.1) is 0 Å². The predicted octanol–water partition coefficient (Wildman–Crippen LogP) is 2.30. The molecule has 33 heavy (non-hydrogen) atoms. The number of benzene rings is 2. The molecule has 7 heteroatoms. The quantitative estimate of drug-likeness (QED) is 0.241. The van der Waals surface area contributed by atoms with Gasteiger partial charge >= 0.3 is 0 Å². The highest BCUT2D eigenvalue weighted by Gasteiger charge is 2.44. The number of aryl methyl sites for hydroxylation is 1. The van der Waals surface area contributed by atoms with Gasteiger partial charge in [0, 0.05) is 10.0 Å². The summed E-state index contributed by atoms with van der Waals surface area (Å²) in [6.45, 7) is 5.63. The summed E-state index contributed by atoms with van der Waals surface area (Å²) in [6.07, 6.45) is 1.99. The van der Waals surface area contributed by atoms with Gasteiger partial charge in [0.05, 0.1) is 39.8 Å². The zero-order valence-electron chi connectivity index (χ0n) is 19.6. The number of Topliss-reactive ketones (excluding diaryl/α,β-unsaturated/α-hetero) is 1. The van der Waals surface area contributed by atoms with Gasteiger partial charge < -0.3 is 19.6 Å². The number of rotatable bonds is 9. The number of unbranched alkanes of at least 4 members (excludes halogenated alkanes) is 1. The maximum Gasteiger partial charge on any atom is 0.295 e. The molecule has 0 spiro atoms. The van der Waals surface area contributed by atoms with Crippen molar-refractivity contribution in [2.75, 3.05) is 33.8 Å². The third kappa shape index (κ3) is 5.65. The van der Waals surface area contributed by atoms with Crippen LogP contribution in [0.3, 0.4) is 0 Å². The van der Waals surface area contributed by atoms with Crippen molar-refractivity contribution < 1.29 is 24.3 Å². The Labute approximate surface area is 204 Å². The second-order valence-corrected chi connectivity index (χ2v) is 9.58. The summed E-state index contributed by atoms with van der Waals surface area (Å²) in [5.74, 6) is -1.04. The minimum Gasteiger partial charge on any atom is -0.872 e. The number of nitrogens with one attached hydrogen (secondary N) is 1. The van der Waals surface area contributed by atoms with Gasteiger partial charge in [0.15, 0.2) is 0 Å². The predicted molar refractivity (Wildman–Crippen MR) is 130 cm³/mol. The molecule has 1 N–H and O–H groups in total. The van der Waals surface area contributed by atoms with Crippen LogP contribution in [0.15, 0.2) is 52.5 Å². The first-order valence-electron chi connectivity index (χ1n) is 11.3. The van der Waals surface area contributed by atoms with Gasteiger partial charge in [0.25, 0.3) is 5.91 Å². The van der Waals surface area contributed by atoms with Crippen LogP contribution in [-0.2, 0) is 9.59 Å². The average molecular weight is 515 g/mol. The zero-order chi connectivity index (χ0) is 24.1. The Morgan fingerprint density at radius 2 is 1.94 bits per heavy atom. The van der Waals surface area contributed by atoms with E-state index in [0.717, 1.165) is 39.1 Å². The Morgan fingerprint density at radius 3 is 2.58 bits per heavy atom. The van der Waals surface area contributed by atoms with Crippen LogP contribution in [0.2, 0.25) is 0 Å². The van der Waals surface area contributed by atoms with Crippen molar-refractivity contribution in [2.45, 2.75) is 32.7 Å². The summed E-state index contributed by atoms with van der Waals surface area (Å²) in [5, 5.41) is 13.6. The molecule has 1 aliphatic heterocycles. The lowest BCUT2D eigenvalue weighted by molar-refractivity contribution is -0.857. The fraction of sp³-hybridized carbons (Fsp3) is 0.385. The fourth-order valence-electron chi connectivity index (χ4n) is 3.90. The van der Waals surface area contributed by atoms with E-state index in [2.05, 4.69) is 22.9 Å². The molecule has 3 rings (SSSR count). The number of hydrogen-bond acceptors (Lipinski definition) is 4. The lowest BCUT2D eigenvalue weighted by Crippen LogP contribution is -3.06. The molecule has 0 radical (unpaired) electrons. The lowest BCUT2D eigenvalue weighted by atomic mass is 9.95. The first kappa shape index (κ1) is 25.0. The van der Waals surface area contributed by atoms with Gasteiger partial charge in [-0.25, -0.2) is 0 Å². The monoisotopic (exact) mass is 514 g/mol. The van der Waals surface area contributed by atoms with Gasteiger partial charge in [-0.1, -0.05) is 53.2 Å². The molecule has 0 saturated carbocycles. The third-order valence-corrected chi connectivity index (χ3v) is 6.23. The highest BCUT2D eigenvalue weighted by molar-refractivity contribution is 9.10. The molecule has 2 aromatic rings. The van der Waals surface area contributed by atoms with Crippen LogP contribution < -0.4 is 14.7 Å². The summed E-state index contributed by atoms with van der Waals surface area (Å²) in [4.78, 5) is 28.7. The average Bonchev–Trinajstić information content (AvgIpc) is 3.03. The molecule has 1 heterocycles. The Balaban J connectivity index is 2.06. The minimum atomic E-state index is -0.723. The third-order valence-electron chi connectivity index (χ3n) is 5.74. The molecule has 0 aliphatic carbocycles. The van der Waals surface area contributed by atoms with Crippen LogP contribution in [0.1, 0.15) is 42.5 Å². The summed E-state index contributed by atoms with van der Waals surface area (Å²) in [5.41, 5.74) is 1.94. The smallest absolute Gasteiger partial charge is 0.295 e. The summed E-state index contributed by atoms with van der Waals surface area (Å²) >= 11 is 3.47. The number of hydrogen-bond donors (Lipinski definition) is 1. The summed E-state index contributed by atoms with van der Waals surface area (Å²) in [6, 6.07) is 11.9. The number of carbonyl (C=O) groups is 2. The first-order valence-corrected chi connectivity index (χ1v) is 12.1. The summed E-state index contributed by atoms with van der Waals surface area (Å²) in [7, 11) is 3.97.